The van der Waals surface area contributed by atoms with Gasteiger partial charge in [-0.3, -0.25) is 14.5 Å². The van der Waals surface area contributed by atoms with Gasteiger partial charge in [-0.1, -0.05) is 44.5 Å². The van der Waals surface area contributed by atoms with Gasteiger partial charge >= 0.3 is 0 Å². The third kappa shape index (κ3) is 5.80. The number of pyridine rings is 2. The van der Waals surface area contributed by atoms with Crippen molar-refractivity contribution in [3.05, 3.63) is 70.8 Å². The lowest BCUT2D eigenvalue weighted by Gasteiger charge is -2.18. The largest absolute Gasteiger partial charge is 0.487 e. The molecule has 1 N–H and O–H groups in total. The van der Waals surface area contributed by atoms with E-state index in [0.29, 0.717) is 23.7 Å². The van der Waals surface area contributed by atoms with Crippen LogP contribution >= 0.6 is 11.6 Å². The Morgan fingerprint density at radius 2 is 2.00 bits per heavy atom. The van der Waals surface area contributed by atoms with Crippen molar-refractivity contribution in [2.75, 3.05) is 0 Å². The second-order valence-electron chi connectivity index (χ2n) is 9.87. The standard InChI is InChI=1S/C27H30ClN5O2/c1-17-11-20(23-9-10-31-33(23)5)19-7-6-8-24(26(19)32-17)35-16-21-18(13-29-15-22(21)28)14-30-25(34)12-27(2,3)4/h6-11,13,15H,12,14,16H2,1-5H3,(H,30,34). The number of ether oxygens (including phenoxy) is 1. The lowest BCUT2D eigenvalue weighted by atomic mass is 9.92. The van der Waals surface area contributed by atoms with Crippen LogP contribution in [0.15, 0.2) is 48.9 Å². The van der Waals surface area contributed by atoms with E-state index in [-0.39, 0.29) is 17.9 Å². The second-order valence-corrected chi connectivity index (χ2v) is 10.3. The molecule has 0 spiro atoms. The second kappa shape index (κ2) is 10.0. The first-order valence-electron chi connectivity index (χ1n) is 11.5. The zero-order valence-corrected chi connectivity index (χ0v) is 21.5. The van der Waals surface area contributed by atoms with E-state index < -0.39 is 0 Å². The maximum absolute atomic E-state index is 12.3. The maximum atomic E-state index is 12.3. The van der Waals surface area contributed by atoms with Crippen LogP contribution in [0.2, 0.25) is 5.02 Å². The minimum Gasteiger partial charge on any atom is -0.487 e. The Kier molecular flexibility index (Phi) is 7.08. The summed E-state index contributed by atoms with van der Waals surface area (Å²) in [5.74, 6) is 0.644. The fraction of sp³-hybridized carbons (Fsp3) is 0.333. The third-order valence-electron chi connectivity index (χ3n) is 5.66. The molecule has 0 fully saturated rings. The molecule has 3 heterocycles. The third-order valence-corrected chi connectivity index (χ3v) is 5.99. The number of para-hydroxylation sites is 1. The summed E-state index contributed by atoms with van der Waals surface area (Å²) in [6, 6.07) is 9.94. The number of benzene rings is 1. The summed E-state index contributed by atoms with van der Waals surface area (Å²) in [5.41, 5.74) is 5.22. The number of nitrogens with one attached hydrogen (secondary N) is 1. The Hall–Kier alpha value is -3.45. The van der Waals surface area contributed by atoms with Gasteiger partial charge in [0, 0.05) is 60.8 Å². The molecule has 0 unspecified atom stereocenters. The summed E-state index contributed by atoms with van der Waals surface area (Å²) in [6.45, 7) is 8.62. The molecule has 1 aromatic carbocycles. The van der Waals surface area contributed by atoms with Crippen LogP contribution in [-0.4, -0.2) is 25.7 Å². The topological polar surface area (TPSA) is 81.9 Å². The van der Waals surface area contributed by atoms with Gasteiger partial charge in [-0.15, -0.1) is 0 Å². The van der Waals surface area contributed by atoms with Gasteiger partial charge in [-0.2, -0.15) is 5.10 Å². The number of aryl methyl sites for hydroxylation is 2. The monoisotopic (exact) mass is 491 g/mol. The van der Waals surface area contributed by atoms with Gasteiger partial charge in [0.15, 0.2) is 0 Å². The summed E-state index contributed by atoms with van der Waals surface area (Å²) < 4.78 is 8.11. The molecule has 8 heteroatoms. The average Bonchev–Trinajstić information content (AvgIpc) is 3.21. The summed E-state index contributed by atoms with van der Waals surface area (Å²) in [7, 11) is 1.92. The van der Waals surface area contributed by atoms with Crippen LogP contribution in [0.5, 0.6) is 5.75 Å². The molecule has 3 aromatic heterocycles. The van der Waals surface area contributed by atoms with Crippen LogP contribution in [0, 0.1) is 12.3 Å². The molecule has 4 rings (SSSR count). The van der Waals surface area contributed by atoms with Crippen molar-refractivity contribution in [2.24, 2.45) is 12.5 Å². The van der Waals surface area contributed by atoms with E-state index in [2.05, 4.69) is 21.5 Å². The Bertz CT molecular complexity index is 1370. The molecule has 4 aromatic rings. The molecule has 182 valence electrons. The summed E-state index contributed by atoms with van der Waals surface area (Å²) in [5, 5.41) is 8.76. The molecule has 0 atom stereocenters. The molecule has 0 bridgehead atoms. The van der Waals surface area contributed by atoms with E-state index in [1.165, 1.54) is 0 Å². The highest BCUT2D eigenvalue weighted by Gasteiger charge is 2.18. The van der Waals surface area contributed by atoms with E-state index in [4.69, 9.17) is 21.3 Å². The Balaban J connectivity index is 1.60. The van der Waals surface area contributed by atoms with Gasteiger partial charge < -0.3 is 10.1 Å². The highest BCUT2D eigenvalue weighted by Crippen LogP contribution is 2.33. The summed E-state index contributed by atoms with van der Waals surface area (Å²) in [6.07, 6.45) is 5.53. The maximum Gasteiger partial charge on any atom is 0.220 e. The number of nitrogens with zero attached hydrogens (tertiary/aromatic N) is 4. The van der Waals surface area contributed by atoms with Gasteiger partial charge in [-0.25, -0.2) is 4.98 Å². The molecule has 1 amide bonds. The lowest BCUT2D eigenvalue weighted by Crippen LogP contribution is -2.27. The van der Waals surface area contributed by atoms with Crippen LogP contribution in [-0.2, 0) is 25.0 Å². The van der Waals surface area contributed by atoms with E-state index in [1.54, 1.807) is 18.6 Å². The molecule has 7 nitrogen and oxygen atoms in total. The molecule has 0 aliphatic rings. The van der Waals surface area contributed by atoms with Crippen molar-refractivity contribution in [3.63, 3.8) is 0 Å². The Morgan fingerprint density at radius 1 is 1.20 bits per heavy atom. The zero-order chi connectivity index (χ0) is 25.2. The SMILES string of the molecule is Cc1cc(-c2ccnn2C)c2cccc(OCc3c(Cl)cncc3CNC(=O)CC(C)(C)C)c2n1. The van der Waals surface area contributed by atoms with Gasteiger partial charge in [-0.05, 0) is 36.1 Å². The molecule has 0 aliphatic heterocycles. The summed E-state index contributed by atoms with van der Waals surface area (Å²) >= 11 is 6.49. The Morgan fingerprint density at radius 3 is 2.71 bits per heavy atom. The van der Waals surface area contributed by atoms with Crippen molar-refractivity contribution in [3.8, 4) is 17.0 Å². The van der Waals surface area contributed by atoms with E-state index in [1.807, 2.05) is 63.7 Å². The molecule has 0 radical (unpaired) electrons. The number of amides is 1. The first-order valence-corrected chi connectivity index (χ1v) is 11.9. The van der Waals surface area contributed by atoms with Crippen molar-refractivity contribution < 1.29 is 9.53 Å². The number of aromatic nitrogens is 4. The van der Waals surface area contributed by atoms with Gasteiger partial charge in [0.2, 0.25) is 5.91 Å². The normalized spacial score (nSPS) is 11.6. The van der Waals surface area contributed by atoms with E-state index >= 15 is 0 Å². The number of halogens is 1. The van der Waals surface area contributed by atoms with Crippen LogP contribution in [0.3, 0.4) is 0 Å². The number of fused-ring (bicyclic) bond motifs is 1. The lowest BCUT2D eigenvalue weighted by molar-refractivity contribution is -0.122. The van der Waals surface area contributed by atoms with Gasteiger partial charge in [0.1, 0.15) is 17.9 Å². The molecular formula is C27H30ClN5O2. The highest BCUT2D eigenvalue weighted by molar-refractivity contribution is 6.31. The Labute approximate surface area is 210 Å². The molecule has 0 aliphatic carbocycles. The van der Waals surface area contributed by atoms with Crippen LogP contribution < -0.4 is 10.1 Å². The molecular weight excluding hydrogens is 462 g/mol. The number of hydrogen-bond acceptors (Lipinski definition) is 5. The number of hydrogen-bond donors (Lipinski definition) is 1. The quantitative estimate of drug-likeness (QED) is 0.362. The van der Waals surface area contributed by atoms with E-state index in [9.17, 15) is 4.79 Å². The molecule has 0 saturated carbocycles. The zero-order valence-electron chi connectivity index (χ0n) is 20.7. The van der Waals surface area contributed by atoms with Crippen molar-refractivity contribution >= 4 is 28.4 Å². The van der Waals surface area contributed by atoms with Crippen molar-refractivity contribution in [2.45, 2.75) is 47.3 Å². The van der Waals surface area contributed by atoms with Crippen molar-refractivity contribution in [1.29, 1.82) is 0 Å². The van der Waals surface area contributed by atoms with Crippen LogP contribution in [0.4, 0.5) is 0 Å². The van der Waals surface area contributed by atoms with E-state index in [0.717, 1.165) is 39.0 Å². The fourth-order valence-electron chi connectivity index (χ4n) is 4.02. The first-order chi connectivity index (χ1) is 16.6. The average molecular weight is 492 g/mol. The minimum atomic E-state index is -0.0869. The van der Waals surface area contributed by atoms with Crippen molar-refractivity contribution in [1.82, 2.24) is 25.1 Å². The molecule has 0 saturated heterocycles. The van der Waals surface area contributed by atoms with Gasteiger partial charge in [0.05, 0.1) is 10.7 Å². The van der Waals surface area contributed by atoms with Crippen LogP contribution in [0.25, 0.3) is 22.2 Å². The van der Waals surface area contributed by atoms with Crippen LogP contribution in [0.1, 0.15) is 44.0 Å². The number of rotatable bonds is 7. The predicted molar refractivity (Wildman–Crippen MR) is 138 cm³/mol. The number of carbonyl (C=O) groups is 1. The highest BCUT2D eigenvalue weighted by atomic mass is 35.5. The first kappa shape index (κ1) is 24.7. The fourth-order valence-corrected chi connectivity index (χ4v) is 4.25. The smallest absolute Gasteiger partial charge is 0.220 e. The summed E-state index contributed by atoms with van der Waals surface area (Å²) in [4.78, 5) is 21.3. The van der Waals surface area contributed by atoms with Gasteiger partial charge in [0.25, 0.3) is 0 Å². The number of carbonyl (C=O) groups excluding carboxylic acids is 1. The predicted octanol–water partition coefficient (Wildman–Crippen LogP) is 5.62. The minimum absolute atomic E-state index is 0.0132. The molecule has 35 heavy (non-hydrogen) atoms.